The number of aromatic nitrogens is 3. The van der Waals surface area contributed by atoms with Gasteiger partial charge >= 0.3 is 0 Å². The predicted octanol–water partition coefficient (Wildman–Crippen LogP) is 4.78. The van der Waals surface area contributed by atoms with Crippen molar-refractivity contribution in [2.24, 2.45) is 4.99 Å². The van der Waals surface area contributed by atoms with Crippen LogP contribution < -0.4 is 15.4 Å². The van der Waals surface area contributed by atoms with Gasteiger partial charge in [0.2, 0.25) is 0 Å². The molecule has 0 fully saturated rings. The Bertz CT molecular complexity index is 1370. The van der Waals surface area contributed by atoms with Crippen molar-refractivity contribution in [1.82, 2.24) is 19.7 Å². The Morgan fingerprint density at radius 2 is 2.03 bits per heavy atom. The summed E-state index contributed by atoms with van der Waals surface area (Å²) in [7, 11) is 1.71. The lowest BCUT2D eigenvalue weighted by molar-refractivity contribution is 0.0950. The van der Waals surface area contributed by atoms with Crippen LogP contribution in [0.4, 0.5) is 5.82 Å². The number of carbonyl (C=O) groups excluding carboxylic acids is 1. The quantitative estimate of drug-likeness (QED) is 0.310. The van der Waals surface area contributed by atoms with E-state index in [-0.39, 0.29) is 5.91 Å². The molecule has 34 heavy (non-hydrogen) atoms. The number of hydrogen-bond donors (Lipinski definition) is 2. The van der Waals surface area contributed by atoms with Gasteiger partial charge in [0.05, 0.1) is 0 Å². The molecular weight excluding hydrogens is 428 g/mol. The zero-order chi connectivity index (χ0) is 23.9. The molecule has 172 valence electrons. The van der Waals surface area contributed by atoms with Crippen LogP contribution in [0.3, 0.4) is 0 Å². The van der Waals surface area contributed by atoms with Crippen molar-refractivity contribution in [3.8, 4) is 11.5 Å². The summed E-state index contributed by atoms with van der Waals surface area (Å²) >= 11 is 0. The maximum Gasteiger partial charge on any atom is 0.251 e. The van der Waals surface area contributed by atoms with E-state index in [2.05, 4.69) is 25.6 Å². The molecule has 0 saturated heterocycles. The van der Waals surface area contributed by atoms with E-state index in [9.17, 15) is 4.79 Å². The molecule has 0 radical (unpaired) electrons. The Labute approximate surface area is 198 Å². The Morgan fingerprint density at radius 3 is 2.85 bits per heavy atom. The number of benzene rings is 1. The molecule has 0 aliphatic heterocycles. The predicted molar refractivity (Wildman–Crippen MR) is 134 cm³/mol. The summed E-state index contributed by atoms with van der Waals surface area (Å²) in [6.07, 6.45) is 11.0. The van der Waals surface area contributed by atoms with Gasteiger partial charge in [-0.05, 0) is 55.8 Å². The lowest BCUT2D eigenvalue weighted by Gasteiger charge is -2.13. The van der Waals surface area contributed by atoms with Crippen LogP contribution in [0.15, 0.2) is 84.4 Å². The highest BCUT2D eigenvalue weighted by atomic mass is 16.5. The maximum absolute atomic E-state index is 12.9. The molecule has 0 aliphatic rings. The summed E-state index contributed by atoms with van der Waals surface area (Å²) < 4.78 is 8.01. The lowest BCUT2D eigenvalue weighted by Crippen LogP contribution is -2.23. The average molecular weight is 455 g/mol. The molecular formula is C26H26N6O2. The molecule has 8 nitrogen and oxygen atoms in total. The molecule has 4 rings (SSSR count). The van der Waals surface area contributed by atoms with Crippen LogP contribution in [0.25, 0.3) is 5.65 Å². The van der Waals surface area contributed by atoms with Gasteiger partial charge in [0.15, 0.2) is 0 Å². The zero-order valence-corrected chi connectivity index (χ0v) is 19.3. The molecule has 0 atom stereocenters. The molecule has 1 amide bonds. The number of anilines is 1. The number of pyridine rings is 2. The van der Waals surface area contributed by atoms with E-state index in [4.69, 9.17) is 4.74 Å². The van der Waals surface area contributed by atoms with Crippen molar-refractivity contribution in [1.29, 1.82) is 0 Å². The van der Waals surface area contributed by atoms with Crippen molar-refractivity contribution in [3.63, 3.8) is 0 Å². The third-order valence-corrected chi connectivity index (χ3v) is 5.22. The molecule has 8 heteroatoms. The Hall–Kier alpha value is -4.46. The number of nitrogens with one attached hydrogen (secondary N) is 2. The molecule has 2 N–H and O–H groups in total. The normalized spacial score (nSPS) is 11.7. The number of rotatable bonds is 7. The van der Waals surface area contributed by atoms with Crippen LogP contribution in [-0.4, -0.2) is 33.2 Å². The molecule has 0 saturated carbocycles. The minimum absolute atomic E-state index is 0.168. The van der Waals surface area contributed by atoms with Crippen molar-refractivity contribution in [3.05, 3.63) is 96.1 Å². The highest BCUT2D eigenvalue weighted by molar-refractivity contribution is 6.03. The molecule has 1 aromatic carbocycles. The summed E-state index contributed by atoms with van der Waals surface area (Å²) in [4.78, 5) is 25.7. The van der Waals surface area contributed by atoms with Crippen LogP contribution in [-0.2, 0) is 6.54 Å². The maximum atomic E-state index is 12.9. The second-order valence-corrected chi connectivity index (χ2v) is 7.55. The second kappa shape index (κ2) is 10.4. The van der Waals surface area contributed by atoms with Crippen molar-refractivity contribution < 1.29 is 9.53 Å². The summed E-state index contributed by atoms with van der Waals surface area (Å²) in [5.74, 6) is 2.33. The first-order valence-electron chi connectivity index (χ1n) is 10.9. The van der Waals surface area contributed by atoms with Crippen LogP contribution in [0.2, 0.25) is 0 Å². The van der Waals surface area contributed by atoms with E-state index in [0.717, 1.165) is 16.8 Å². The minimum Gasteiger partial charge on any atom is -0.457 e. The average Bonchev–Trinajstić information content (AvgIpc) is 3.32. The van der Waals surface area contributed by atoms with Gasteiger partial charge in [-0.25, -0.2) is 9.97 Å². The monoisotopic (exact) mass is 454 g/mol. The van der Waals surface area contributed by atoms with Crippen LogP contribution in [0, 0.1) is 6.92 Å². The standard InChI is InChI=1S/C26H26N6O2/c1-4-6-23(27-3)31-24-16-20(9-11-28-24)34-22-8-5-7-21(18(22)2)26(33)30-17-19-10-13-32-14-12-29-25(32)15-19/h4-16H,17H2,1-3H3,(H,30,33)(H,27,28,31)/b6-4-. The fourth-order valence-corrected chi connectivity index (χ4v) is 3.44. The number of nitrogens with zero attached hydrogens (tertiary/aromatic N) is 4. The number of carbonyl (C=O) groups is 1. The fraction of sp³-hybridized carbons (Fsp3) is 0.154. The van der Waals surface area contributed by atoms with Crippen molar-refractivity contribution in [2.45, 2.75) is 20.4 Å². The third kappa shape index (κ3) is 5.29. The van der Waals surface area contributed by atoms with E-state index in [1.54, 1.807) is 37.6 Å². The van der Waals surface area contributed by atoms with Gasteiger partial charge in [-0.2, -0.15) is 0 Å². The van der Waals surface area contributed by atoms with Gasteiger partial charge in [-0.1, -0.05) is 12.1 Å². The molecule has 0 bridgehead atoms. The first kappa shape index (κ1) is 22.7. The zero-order valence-electron chi connectivity index (χ0n) is 19.3. The molecule has 3 aromatic heterocycles. The van der Waals surface area contributed by atoms with E-state index in [1.807, 2.05) is 67.1 Å². The molecule has 0 spiro atoms. The number of aliphatic imine (C=N–C) groups is 1. The van der Waals surface area contributed by atoms with Crippen molar-refractivity contribution >= 4 is 23.2 Å². The topological polar surface area (TPSA) is 92.9 Å². The van der Waals surface area contributed by atoms with Crippen LogP contribution in [0.5, 0.6) is 11.5 Å². The first-order valence-corrected chi connectivity index (χ1v) is 10.9. The number of amides is 1. The van der Waals surface area contributed by atoms with Crippen LogP contribution in [0.1, 0.15) is 28.4 Å². The summed E-state index contributed by atoms with van der Waals surface area (Å²) in [5.41, 5.74) is 3.12. The summed E-state index contributed by atoms with van der Waals surface area (Å²) in [6, 6.07) is 12.9. The third-order valence-electron chi connectivity index (χ3n) is 5.22. The van der Waals surface area contributed by atoms with E-state index < -0.39 is 0 Å². The van der Waals surface area contributed by atoms with Crippen molar-refractivity contribution in [2.75, 3.05) is 12.4 Å². The summed E-state index contributed by atoms with van der Waals surface area (Å²) in [6.45, 7) is 4.19. The van der Waals surface area contributed by atoms with Gasteiger partial charge in [0, 0.05) is 55.6 Å². The minimum atomic E-state index is -0.168. The van der Waals surface area contributed by atoms with Gasteiger partial charge in [0.25, 0.3) is 5.91 Å². The molecule has 4 aromatic rings. The fourth-order valence-electron chi connectivity index (χ4n) is 3.44. The van der Waals surface area contributed by atoms with Crippen LogP contribution >= 0.6 is 0 Å². The highest BCUT2D eigenvalue weighted by Gasteiger charge is 2.13. The largest absolute Gasteiger partial charge is 0.457 e. The number of allylic oxidation sites excluding steroid dienone is 1. The number of fused-ring (bicyclic) bond motifs is 1. The Balaban J connectivity index is 1.46. The van der Waals surface area contributed by atoms with E-state index in [0.29, 0.717) is 35.3 Å². The second-order valence-electron chi connectivity index (χ2n) is 7.55. The molecule has 3 heterocycles. The number of hydrogen-bond acceptors (Lipinski definition) is 5. The van der Waals surface area contributed by atoms with Gasteiger partial charge in [0.1, 0.15) is 28.8 Å². The molecule has 0 unspecified atom stereocenters. The van der Waals surface area contributed by atoms with Gasteiger partial charge in [-0.15, -0.1) is 0 Å². The number of ether oxygens (including phenoxy) is 1. The highest BCUT2D eigenvalue weighted by Crippen LogP contribution is 2.28. The Kier molecular flexibility index (Phi) is 6.98. The SMILES string of the molecule is C/C=C\C(=NC)Nc1cc(Oc2cccc(C(=O)NCc3ccn4ccnc4c3)c2C)ccn1. The molecule has 0 aliphatic carbocycles. The summed E-state index contributed by atoms with van der Waals surface area (Å²) in [5, 5.41) is 6.13. The smallest absolute Gasteiger partial charge is 0.251 e. The first-order chi connectivity index (χ1) is 16.6. The van der Waals surface area contributed by atoms with Gasteiger partial charge in [-0.3, -0.25) is 9.79 Å². The number of imidazole rings is 1. The lowest BCUT2D eigenvalue weighted by atomic mass is 10.1. The Morgan fingerprint density at radius 1 is 1.15 bits per heavy atom. The van der Waals surface area contributed by atoms with Gasteiger partial charge < -0.3 is 19.8 Å². The van der Waals surface area contributed by atoms with E-state index >= 15 is 0 Å². The number of amidine groups is 1. The van der Waals surface area contributed by atoms with E-state index in [1.165, 1.54) is 0 Å².